The second-order valence-electron chi connectivity index (χ2n) is 5.94. The fraction of sp³-hybridized carbons (Fsp3) is 0.333. The first-order chi connectivity index (χ1) is 14.0. The van der Waals surface area contributed by atoms with Gasteiger partial charge in [0.2, 0.25) is 0 Å². The first-order valence-electron chi connectivity index (χ1n) is 8.55. The van der Waals surface area contributed by atoms with Gasteiger partial charge >= 0.3 is 173 Å². The fourth-order valence-electron chi connectivity index (χ4n) is 2.64. The topological polar surface area (TPSA) is 115 Å². The summed E-state index contributed by atoms with van der Waals surface area (Å²) in [6.45, 7) is 0. The Bertz CT molecular complexity index is 842. The summed E-state index contributed by atoms with van der Waals surface area (Å²) in [6.07, 6.45) is 0. The van der Waals surface area contributed by atoms with Crippen molar-refractivity contribution in [1.29, 1.82) is 0 Å². The zero-order valence-electron chi connectivity index (χ0n) is 17.0. The molecule has 0 saturated heterocycles. The number of benzene rings is 2. The molecule has 8 nitrogen and oxygen atoms in total. The second-order valence-corrected chi connectivity index (χ2v) is 9.72. The Labute approximate surface area is 191 Å². The Balaban J connectivity index is 0.000000804. The van der Waals surface area contributed by atoms with E-state index in [1.54, 1.807) is 13.2 Å². The first-order valence-corrected chi connectivity index (χ1v) is 12.8. The van der Waals surface area contributed by atoms with Crippen molar-refractivity contribution in [2.75, 3.05) is 28.4 Å². The number of phosphoric acid groups is 1. The van der Waals surface area contributed by atoms with Crippen molar-refractivity contribution in [1.82, 2.24) is 0 Å². The summed E-state index contributed by atoms with van der Waals surface area (Å²) in [5.74, 6) is -1.55. The molecule has 0 aliphatic rings. The SMILES string of the molecule is COc1cccc[c]1[Ca][CH2]C(F)(F)c1cc(OC)c(OC)c(OC)c1.O=P(O)(O)O. The van der Waals surface area contributed by atoms with Gasteiger partial charge in [0.05, 0.1) is 0 Å². The van der Waals surface area contributed by atoms with E-state index in [1.807, 2.05) is 18.2 Å². The average Bonchev–Trinajstić information content (AvgIpc) is 2.69. The van der Waals surface area contributed by atoms with E-state index in [-0.39, 0.29) is 19.6 Å². The molecular weight excluding hydrogens is 453 g/mol. The molecule has 2 aromatic rings. The molecule has 0 unspecified atom stereocenters. The van der Waals surface area contributed by atoms with Gasteiger partial charge in [-0.15, -0.1) is 0 Å². The predicted molar refractivity (Wildman–Crippen MR) is 107 cm³/mol. The van der Waals surface area contributed by atoms with E-state index in [1.165, 1.54) is 33.5 Å². The van der Waals surface area contributed by atoms with Crippen LogP contribution in [0.2, 0.25) is 2.52 Å². The van der Waals surface area contributed by atoms with E-state index in [9.17, 15) is 8.78 Å². The third kappa shape index (κ3) is 8.55. The molecule has 0 radical (unpaired) electrons. The van der Waals surface area contributed by atoms with Gasteiger partial charge in [-0.3, -0.25) is 0 Å². The standard InChI is InChI=1S/C11H13F2O3.C7H7O.Ca.H3O4P/c1-11(12,13)7-5-8(14-2)10(16-4)9(6-7)15-3;1-8-7-5-3-2-4-6-7;;1-5(2,3)4/h5-6H,1H2,2-4H3;2-5H,1H3;;(H3,1,2,3,4). The van der Waals surface area contributed by atoms with Crippen molar-refractivity contribution in [2.45, 2.75) is 8.44 Å². The number of rotatable bonds is 8. The van der Waals surface area contributed by atoms with Crippen LogP contribution in [0.5, 0.6) is 23.0 Å². The molecule has 0 heterocycles. The molecule has 12 heteroatoms. The molecule has 2 rings (SSSR count). The number of alkyl halides is 2. The van der Waals surface area contributed by atoms with E-state index >= 15 is 0 Å². The fourth-order valence-corrected chi connectivity index (χ4v) is 5.27. The van der Waals surface area contributed by atoms with Crippen LogP contribution in [0, 0.1) is 0 Å². The predicted octanol–water partition coefficient (Wildman–Crippen LogP) is 2.33. The van der Waals surface area contributed by atoms with Gasteiger partial charge < -0.3 is 14.7 Å². The van der Waals surface area contributed by atoms with Crippen molar-refractivity contribution < 1.29 is 47.0 Å². The normalized spacial score (nSPS) is 11.0. The van der Waals surface area contributed by atoms with Crippen LogP contribution in [0.15, 0.2) is 36.4 Å². The van der Waals surface area contributed by atoms with Crippen LogP contribution >= 0.6 is 7.82 Å². The maximum absolute atomic E-state index is 14.8. The van der Waals surface area contributed by atoms with Crippen molar-refractivity contribution in [3.05, 3.63) is 42.0 Å². The Kier molecular flexibility index (Phi) is 10.8. The van der Waals surface area contributed by atoms with Gasteiger partial charge in [0.25, 0.3) is 0 Å². The number of hydrogen-bond donors (Lipinski definition) is 3. The van der Waals surface area contributed by atoms with Crippen molar-refractivity contribution in [3.8, 4) is 23.0 Å². The summed E-state index contributed by atoms with van der Waals surface area (Å²) in [7, 11) is 1.17. The molecule has 30 heavy (non-hydrogen) atoms. The van der Waals surface area contributed by atoms with Gasteiger partial charge in [-0.2, -0.15) is 0 Å². The third-order valence-electron chi connectivity index (χ3n) is 3.99. The molecule has 0 saturated carbocycles. The van der Waals surface area contributed by atoms with Gasteiger partial charge in [0.15, 0.2) is 0 Å². The molecule has 3 N–H and O–H groups in total. The molecule has 0 spiro atoms. The first kappa shape index (κ1) is 26.9. The van der Waals surface area contributed by atoms with E-state index in [0.29, 0.717) is 11.5 Å². The maximum atomic E-state index is 14.8. The van der Waals surface area contributed by atoms with Crippen molar-refractivity contribution in [3.63, 3.8) is 0 Å². The average molecular weight is 476 g/mol. The minimum Gasteiger partial charge on any atom is -0.303 e. The maximum Gasteiger partial charge on any atom is 0.466 e. The van der Waals surface area contributed by atoms with E-state index in [0.717, 1.165) is 1.66 Å². The third-order valence-corrected chi connectivity index (χ3v) is 7.11. The summed E-state index contributed by atoms with van der Waals surface area (Å²) in [5.41, 5.74) is -0.137. The zero-order chi connectivity index (χ0) is 22.9. The second kappa shape index (κ2) is 12.0. The van der Waals surface area contributed by atoms with E-state index < -0.39 is 47.6 Å². The van der Waals surface area contributed by atoms with Gasteiger partial charge in [-0.25, -0.2) is 4.57 Å². The van der Waals surface area contributed by atoms with Crippen LogP contribution in [0.25, 0.3) is 0 Å². The largest absolute Gasteiger partial charge is 0.466 e. The molecule has 164 valence electrons. The summed E-state index contributed by atoms with van der Waals surface area (Å²) in [6, 6.07) is 9.97. The number of halogens is 2. The minimum atomic E-state index is -4.64. The number of hydrogen-bond acceptors (Lipinski definition) is 5. The van der Waals surface area contributed by atoms with Crippen LogP contribution < -0.4 is 20.6 Å². The van der Waals surface area contributed by atoms with Crippen LogP contribution in [-0.4, -0.2) is 77.0 Å². The molecular formula is C18H23CaF2O8P. The Morgan fingerprint density at radius 1 is 0.900 bits per heavy atom. The summed E-state index contributed by atoms with van der Waals surface area (Å²) >= 11 is -1.73. The van der Waals surface area contributed by atoms with Crippen LogP contribution in [0.3, 0.4) is 0 Å². The summed E-state index contributed by atoms with van der Waals surface area (Å²) in [5, 5.41) is 0. The Morgan fingerprint density at radius 2 is 1.37 bits per heavy atom. The van der Waals surface area contributed by atoms with E-state index in [2.05, 4.69) is 0 Å². The van der Waals surface area contributed by atoms with Gasteiger partial charge in [-0.05, 0) is 0 Å². The van der Waals surface area contributed by atoms with E-state index in [4.69, 9.17) is 38.2 Å². The van der Waals surface area contributed by atoms with Crippen molar-refractivity contribution in [2.24, 2.45) is 0 Å². The molecule has 0 atom stereocenters. The molecule has 0 bridgehead atoms. The monoisotopic (exact) mass is 476 g/mol. The van der Waals surface area contributed by atoms with Gasteiger partial charge in [0, 0.05) is 0 Å². The number of ether oxygens (including phenoxy) is 4. The van der Waals surface area contributed by atoms with Crippen LogP contribution in [-0.2, 0) is 10.5 Å². The van der Waals surface area contributed by atoms with Crippen molar-refractivity contribution >= 4 is 43.3 Å². The molecule has 0 aromatic heterocycles. The Hall–Kier alpha value is -1.13. The summed E-state index contributed by atoms with van der Waals surface area (Å²) < 4.78 is 60.0. The van der Waals surface area contributed by atoms with Crippen LogP contribution in [0.4, 0.5) is 8.78 Å². The molecule has 2 aromatic carbocycles. The zero-order valence-corrected chi connectivity index (χ0v) is 20.1. The molecule has 0 aliphatic heterocycles. The van der Waals surface area contributed by atoms with Gasteiger partial charge in [0.1, 0.15) is 0 Å². The molecule has 0 amide bonds. The minimum absolute atomic E-state index is 0.137. The summed E-state index contributed by atoms with van der Waals surface area (Å²) in [4.78, 5) is 21.6. The molecule has 0 aliphatic carbocycles. The number of methoxy groups -OCH3 is 4. The molecule has 0 fully saturated rings. The number of para-hydroxylation sites is 1. The Morgan fingerprint density at radius 3 is 1.80 bits per heavy atom. The van der Waals surface area contributed by atoms with Crippen LogP contribution in [0.1, 0.15) is 5.56 Å². The quantitative estimate of drug-likeness (QED) is 0.393. The smallest absolute Gasteiger partial charge is 0.303 e. The van der Waals surface area contributed by atoms with Gasteiger partial charge in [-0.1, -0.05) is 0 Å².